The smallest absolute Gasteiger partial charge is 0.0503 e. The molecule has 0 radical (unpaired) electrons. The Labute approximate surface area is 128 Å². The monoisotopic (exact) mass is 283 g/mol. The predicted molar refractivity (Wildman–Crippen MR) is 89.9 cm³/mol. The molecule has 0 aromatic heterocycles. The Bertz CT molecular complexity index is 524. The van der Waals surface area contributed by atoms with E-state index in [4.69, 9.17) is 4.74 Å². The van der Waals surface area contributed by atoms with Crippen LogP contribution >= 0.6 is 0 Å². The van der Waals surface area contributed by atoms with E-state index >= 15 is 0 Å². The number of para-hydroxylation sites is 1. The number of hydrogen-bond donors (Lipinski definition) is 1. The zero-order valence-electron chi connectivity index (χ0n) is 13.0. The normalized spacial score (nSPS) is 12.1. The van der Waals surface area contributed by atoms with Crippen LogP contribution in [0.5, 0.6) is 0 Å². The summed E-state index contributed by atoms with van der Waals surface area (Å²) in [6, 6.07) is 19.7. The van der Waals surface area contributed by atoms with E-state index in [1.807, 2.05) is 0 Å². The highest BCUT2D eigenvalue weighted by atomic mass is 16.5. The number of benzene rings is 2. The fourth-order valence-corrected chi connectivity index (χ4v) is 2.51. The molecule has 0 aliphatic carbocycles. The molecular formula is C19H25NO. The van der Waals surface area contributed by atoms with E-state index in [1.165, 1.54) is 16.8 Å². The molecule has 2 rings (SSSR count). The van der Waals surface area contributed by atoms with Crippen molar-refractivity contribution in [1.29, 1.82) is 0 Å². The molecule has 2 aromatic rings. The summed E-state index contributed by atoms with van der Waals surface area (Å²) in [6.45, 7) is 2.99. The molecule has 2 heteroatoms. The number of methoxy groups -OCH3 is 1. The number of nitrogens with one attached hydrogen (secondary N) is 1. The second kappa shape index (κ2) is 8.48. The van der Waals surface area contributed by atoms with Crippen LogP contribution in [0.3, 0.4) is 0 Å². The summed E-state index contributed by atoms with van der Waals surface area (Å²) in [6.07, 6.45) is 3.10. The van der Waals surface area contributed by atoms with Crippen molar-refractivity contribution >= 4 is 5.69 Å². The van der Waals surface area contributed by atoms with Crippen molar-refractivity contribution in [3.8, 4) is 0 Å². The fourth-order valence-electron chi connectivity index (χ4n) is 2.51. The maximum absolute atomic E-state index is 5.20. The first kappa shape index (κ1) is 15.6. The molecule has 0 heterocycles. The van der Waals surface area contributed by atoms with E-state index < -0.39 is 0 Å². The standard InChI is InChI=1S/C19H25NO/c1-3-18(15-16-9-5-4-6-10-16)20-19-12-8-7-11-17(19)13-14-21-2/h4-12,18,20H,3,13-15H2,1-2H3. The molecule has 0 saturated heterocycles. The van der Waals surface area contributed by atoms with Gasteiger partial charge < -0.3 is 10.1 Å². The van der Waals surface area contributed by atoms with Gasteiger partial charge in [0.05, 0.1) is 6.61 Å². The summed E-state index contributed by atoms with van der Waals surface area (Å²) < 4.78 is 5.20. The summed E-state index contributed by atoms with van der Waals surface area (Å²) in [7, 11) is 1.75. The number of ether oxygens (including phenoxy) is 1. The lowest BCUT2D eigenvalue weighted by molar-refractivity contribution is 0.202. The van der Waals surface area contributed by atoms with E-state index in [0.717, 1.165) is 25.9 Å². The van der Waals surface area contributed by atoms with E-state index in [-0.39, 0.29) is 0 Å². The van der Waals surface area contributed by atoms with Crippen molar-refractivity contribution in [1.82, 2.24) is 0 Å². The molecule has 2 aromatic carbocycles. The minimum Gasteiger partial charge on any atom is -0.384 e. The van der Waals surface area contributed by atoms with Crippen molar-refractivity contribution in [2.24, 2.45) is 0 Å². The van der Waals surface area contributed by atoms with Gasteiger partial charge in [0.15, 0.2) is 0 Å². The third-order valence-corrected chi connectivity index (χ3v) is 3.77. The van der Waals surface area contributed by atoms with Gasteiger partial charge in [0.1, 0.15) is 0 Å². The van der Waals surface area contributed by atoms with Crippen LogP contribution in [0.15, 0.2) is 54.6 Å². The fraction of sp³-hybridized carbons (Fsp3) is 0.368. The van der Waals surface area contributed by atoms with Crippen LogP contribution in [-0.2, 0) is 17.6 Å². The zero-order valence-corrected chi connectivity index (χ0v) is 13.0. The van der Waals surface area contributed by atoms with Crippen LogP contribution in [0.25, 0.3) is 0 Å². The summed E-state index contributed by atoms with van der Waals surface area (Å²) in [5.74, 6) is 0. The molecule has 0 saturated carbocycles. The Morgan fingerprint density at radius 3 is 2.43 bits per heavy atom. The second-order valence-electron chi connectivity index (χ2n) is 5.34. The maximum Gasteiger partial charge on any atom is 0.0503 e. The van der Waals surface area contributed by atoms with Crippen LogP contribution in [0, 0.1) is 0 Å². The van der Waals surface area contributed by atoms with Crippen molar-refractivity contribution < 1.29 is 4.74 Å². The maximum atomic E-state index is 5.20. The van der Waals surface area contributed by atoms with Gasteiger partial charge in [-0.15, -0.1) is 0 Å². The molecule has 21 heavy (non-hydrogen) atoms. The van der Waals surface area contributed by atoms with E-state index in [1.54, 1.807) is 7.11 Å². The molecule has 2 nitrogen and oxygen atoms in total. The highest BCUT2D eigenvalue weighted by Gasteiger charge is 2.09. The molecular weight excluding hydrogens is 258 g/mol. The lowest BCUT2D eigenvalue weighted by Crippen LogP contribution is -2.22. The molecule has 0 aliphatic rings. The van der Waals surface area contributed by atoms with Gasteiger partial charge in [-0.05, 0) is 36.5 Å². The van der Waals surface area contributed by atoms with Crippen molar-refractivity contribution in [3.63, 3.8) is 0 Å². The minimum atomic E-state index is 0.455. The van der Waals surface area contributed by atoms with E-state index in [0.29, 0.717) is 6.04 Å². The van der Waals surface area contributed by atoms with Gasteiger partial charge in [0.25, 0.3) is 0 Å². The van der Waals surface area contributed by atoms with Gasteiger partial charge in [-0.25, -0.2) is 0 Å². The van der Waals surface area contributed by atoms with Gasteiger partial charge in [-0.1, -0.05) is 55.5 Å². The SMILES string of the molecule is CCC(Cc1ccccc1)Nc1ccccc1CCOC. The summed E-state index contributed by atoms with van der Waals surface area (Å²) >= 11 is 0. The van der Waals surface area contributed by atoms with Crippen LogP contribution in [-0.4, -0.2) is 19.8 Å². The van der Waals surface area contributed by atoms with Crippen LogP contribution < -0.4 is 5.32 Å². The molecule has 0 bridgehead atoms. The second-order valence-corrected chi connectivity index (χ2v) is 5.34. The predicted octanol–water partition coefficient (Wildman–Crippen LogP) is 4.31. The molecule has 0 fully saturated rings. The number of rotatable bonds is 8. The Morgan fingerprint density at radius 1 is 1.00 bits per heavy atom. The largest absolute Gasteiger partial charge is 0.384 e. The summed E-state index contributed by atoms with van der Waals surface area (Å²) in [4.78, 5) is 0. The lowest BCUT2D eigenvalue weighted by atomic mass is 10.0. The molecule has 112 valence electrons. The topological polar surface area (TPSA) is 21.3 Å². The van der Waals surface area contributed by atoms with Gasteiger partial charge in [0.2, 0.25) is 0 Å². The summed E-state index contributed by atoms with van der Waals surface area (Å²) in [5.41, 5.74) is 3.94. The average Bonchev–Trinajstić information content (AvgIpc) is 2.54. The highest BCUT2D eigenvalue weighted by molar-refractivity contribution is 5.52. The van der Waals surface area contributed by atoms with Crippen molar-refractivity contribution in [3.05, 3.63) is 65.7 Å². The molecule has 1 unspecified atom stereocenters. The molecule has 0 amide bonds. The number of hydrogen-bond acceptors (Lipinski definition) is 2. The third kappa shape index (κ3) is 4.91. The van der Waals surface area contributed by atoms with E-state index in [9.17, 15) is 0 Å². The quantitative estimate of drug-likeness (QED) is 0.779. The van der Waals surface area contributed by atoms with E-state index in [2.05, 4.69) is 66.8 Å². The molecule has 1 N–H and O–H groups in total. The van der Waals surface area contributed by atoms with Gasteiger partial charge in [-0.2, -0.15) is 0 Å². The lowest BCUT2D eigenvalue weighted by Gasteiger charge is -2.21. The first-order valence-electron chi connectivity index (χ1n) is 7.70. The van der Waals surface area contributed by atoms with Crippen LogP contribution in [0.1, 0.15) is 24.5 Å². The molecule has 0 spiro atoms. The van der Waals surface area contributed by atoms with Gasteiger partial charge in [0, 0.05) is 18.8 Å². The van der Waals surface area contributed by atoms with Crippen molar-refractivity contribution in [2.45, 2.75) is 32.2 Å². The Kier molecular flexibility index (Phi) is 6.29. The Hall–Kier alpha value is -1.80. The Balaban J connectivity index is 2.04. The summed E-state index contributed by atoms with van der Waals surface area (Å²) in [5, 5.41) is 3.70. The van der Waals surface area contributed by atoms with Crippen molar-refractivity contribution in [2.75, 3.05) is 19.0 Å². The zero-order chi connectivity index (χ0) is 14.9. The first-order chi connectivity index (χ1) is 10.3. The molecule has 1 atom stereocenters. The molecule has 0 aliphatic heterocycles. The highest BCUT2D eigenvalue weighted by Crippen LogP contribution is 2.19. The van der Waals surface area contributed by atoms with Crippen LogP contribution in [0.4, 0.5) is 5.69 Å². The Morgan fingerprint density at radius 2 is 1.71 bits per heavy atom. The number of anilines is 1. The third-order valence-electron chi connectivity index (χ3n) is 3.77. The van der Waals surface area contributed by atoms with Gasteiger partial charge in [-0.3, -0.25) is 0 Å². The first-order valence-corrected chi connectivity index (χ1v) is 7.70. The van der Waals surface area contributed by atoms with Crippen LogP contribution in [0.2, 0.25) is 0 Å². The average molecular weight is 283 g/mol. The minimum absolute atomic E-state index is 0.455. The van der Waals surface area contributed by atoms with Gasteiger partial charge >= 0.3 is 0 Å².